The van der Waals surface area contributed by atoms with Gasteiger partial charge in [0.15, 0.2) is 0 Å². The predicted octanol–water partition coefficient (Wildman–Crippen LogP) is -0.975. The van der Waals surface area contributed by atoms with Crippen molar-refractivity contribution in [2.45, 2.75) is 19.4 Å². The van der Waals surface area contributed by atoms with E-state index in [0.717, 1.165) is 6.54 Å². The van der Waals surface area contributed by atoms with Gasteiger partial charge >= 0.3 is 0 Å². The molecule has 15 heavy (non-hydrogen) atoms. The van der Waals surface area contributed by atoms with Crippen LogP contribution in [-0.2, 0) is 4.79 Å². The zero-order valence-corrected chi connectivity index (χ0v) is 10.1. The Balaban J connectivity index is 3.77. The van der Waals surface area contributed by atoms with Gasteiger partial charge in [0.2, 0.25) is 5.91 Å². The van der Waals surface area contributed by atoms with Gasteiger partial charge in [-0.3, -0.25) is 4.79 Å². The molecule has 0 aliphatic rings. The number of carbonyl (C=O) groups excluding carboxylic acids is 1. The molecule has 0 aromatic carbocycles. The quantitative estimate of drug-likeness (QED) is 0.513. The van der Waals surface area contributed by atoms with Crippen LogP contribution in [0, 0.1) is 0 Å². The van der Waals surface area contributed by atoms with Gasteiger partial charge in [0.1, 0.15) is 0 Å². The normalized spacial score (nSPS) is 15.1. The number of hydrogen-bond acceptors (Lipinski definition) is 4. The molecule has 0 heterocycles. The van der Waals surface area contributed by atoms with Crippen molar-refractivity contribution in [2.24, 2.45) is 0 Å². The first-order chi connectivity index (χ1) is 6.87. The maximum atomic E-state index is 11.2. The summed E-state index contributed by atoms with van der Waals surface area (Å²) in [6, 6.07) is 0. The highest BCUT2D eigenvalue weighted by atomic mass is 16.3. The van der Waals surface area contributed by atoms with Crippen molar-refractivity contribution in [3.63, 3.8) is 0 Å². The van der Waals surface area contributed by atoms with Gasteiger partial charge in [0.25, 0.3) is 0 Å². The van der Waals surface area contributed by atoms with Crippen LogP contribution in [0.1, 0.15) is 13.8 Å². The van der Waals surface area contributed by atoms with Gasteiger partial charge in [-0.05, 0) is 27.6 Å². The number of hydrogen-bond donors (Lipinski definition) is 3. The molecule has 1 amide bonds. The number of rotatable bonds is 7. The third kappa shape index (κ3) is 8.35. The third-order valence-electron chi connectivity index (χ3n) is 1.86. The van der Waals surface area contributed by atoms with E-state index in [1.165, 1.54) is 0 Å². The Hall–Kier alpha value is -0.650. The van der Waals surface area contributed by atoms with Crippen LogP contribution < -0.4 is 10.6 Å². The number of aliphatic hydroxyl groups is 1. The molecule has 0 aromatic heterocycles. The average molecular weight is 217 g/mol. The summed E-state index contributed by atoms with van der Waals surface area (Å²) in [6.07, 6.45) is 0. The van der Waals surface area contributed by atoms with Crippen molar-refractivity contribution in [1.82, 2.24) is 15.5 Å². The number of amides is 1. The summed E-state index contributed by atoms with van der Waals surface area (Å²) in [7, 11) is 3.77. The van der Waals surface area contributed by atoms with Crippen molar-refractivity contribution in [3.8, 4) is 0 Å². The Labute approximate surface area is 91.8 Å². The summed E-state index contributed by atoms with van der Waals surface area (Å²) in [6.45, 7) is 5.51. The molecular weight excluding hydrogens is 194 g/mol. The highest BCUT2D eigenvalue weighted by molar-refractivity contribution is 5.78. The molecule has 3 N–H and O–H groups in total. The smallest absolute Gasteiger partial charge is 0.234 e. The average Bonchev–Trinajstić information content (AvgIpc) is 2.09. The minimum absolute atomic E-state index is 0.0871. The van der Waals surface area contributed by atoms with E-state index in [-0.39, 0.29) is 12.5 Å². The van der Waals surface area contributed by atoms with E-state index in [1.807, 2.05) is 25.9 Å². The molecule has 90 valence electrons. The lowest BCUT2D eigenvalue weighted by molar-refractivity contribution is -0.121. The third-order valence-corrected chi connectivity index (χ3v) is 1.86. The van der Waals surface area contributed by atoms with E-state index >= 15 is 0 Å². The Kier molecular flexibility index (Phi) is 6.47. The summed E-state index contributed by atoms with van der Waals surface area (Å²) in [4.78, 5) is 13.1. The first-order valence-corrected chi connectivity index (χ1v) is 5.22. The Bertz CT molecular complexity index is 193. The van der Waals surface area contributed by atoms with E-state index in [4.69, 9.17) is 0 Å². The standard InChI is InChI=1S/C10H23N3O2/c1-5-11-6-9(14)12-7-10(2,15)8-13(3)4/h11,15H,5-8H2,1-4H3,(H,12,14). The molecule has 0 radical (unpaired) electrons. The molecule has 0 aliphatic heterocycles. The Morgan fingerprint density at radius 1 is 1.47 bits per heavy atom. The first kappa shape index (κ1) is 14.3. The monoisotopic (exact) mass is 217 g/mol. The predicted molar refractivity (Wildman–Crippen MR) is 60.7 cm³/mol. The summed E-state index contributed by atoms with van der Waals surface area (Å²) in [5.41, 5.74) is -0.884. The zero-order valence-electron chi connectivity index (χ0n) is 10.1. The Morgan fingerprint density at radius 2 is 2.07 bits per heavy atom. The van der Waals surface area contributed by atoms with Gasteiger partial charge in [-0.2, -0.15) is 0 Å². The van der Waals surface area contributed by atoms with Crippen LogP contribution in [0.5, 0.6) is 0 Å². The molecule has 0 aliphatic carbocycles. The van der Waals surface area contributed by atoms with Crippen LogP contribution in [0.15, 0.2) is 0 Å². The second-order valence-electron chi connectivity index (χ2n) is 4.29. The largest absolute Gasteiger partial charge is 0.387 e. The molecule has 5 nitrogen and oxygen atoms in total. The second kappa shape index (κ2) is 6.76. The minimum Gasteiger partial charge on any atom is -0.387 e. The lowest BCUT2D eigenvalue weighted by Gasteiger charge is -2.27. The molecule has 1 atom stereocenters. The number of nitrogens with one attached hydrogen (secondary N) is 2. The summed E-state index contributed by atoms with van der Waals surface area (Å²) < 4.78 is 0. The van der Waals surface area contributed by atoms with Crippen LogP contribution in [0.3, 0.4) is 0 Å². The van der Waals surface area contributed by atoms with Crippen molar-refractivity contribution in [1.29, 1.82) is 0 Å². The lowest BCUT2D eigenvalue weighted by atomic mass is 10.1. The summed E-state index contributed by atoms with van der Waals surface area (Å²) in [5.74, 6) is -0.0871. The van der Waals surface area contributed by atoms with Gasteiger partial charge in [0, 0.05) is 13.1 Å². The topological polar surface area (TPSA) is 64.6 Å². The molecule has 5 heteroatoms. The fourth-order valence-corrected chi connectivity index (χ4v) is 1.33. The van der Waals surface area contributed by atoms with E-state index in [1.54, 1.807) is 6.92 Å². The summed E-state index contributed by atoms with van der Waals surface area (Å²) >= 11 is 0. The molecular formula is C10H23N3O2. The lowest BCUT2D eigenvalue weighted by Crippen LogP contribution is -2.48. The zero-order chi connectivity index (χ0) is 11.9. The molecule has 0 fully saturated rings. The number of likely N-dealkylation sites (N-methyl/N-ethyl adjacent to an activating group) is 2. The van der Waals surface area contributed by atoms with Crippen LogP contribution in [-0.4, -0.2) is 61.8 Å². The van der Waals surface area contributed by atoms with Gasteiger partial charge in [-0.15, -0.1) is 0 Å². The van der Waals surface area contributed by atoms with Crippen LogP contribution >= 0.6 is 0 Å². The fraction of sp³-hybridized carbons (Fsp3) is 0.900. The summed E-state index contributed by atoms with van der Waals surface area (Å²) in [5, 5.41) is 15.5. The molecule has 0 spiro atoms. The van der Waals surface area contributed by atoms with Crippen molar-refractivity contribution in [3.05, 3.63) is 0 Å². The maximum Gasteiger partial charge on any atom is 0.234 e. The molecule has 0 saturated heterocycles. The van der Waals surface area contributed by atoms with Crippen molar-refractivity contribution < 1.29 is 9.90 Å². The van der Waals surface area contributed by atoms with Crippen molar-refractivity contribution >= 4 is 5.91 Å². The number of carbonyl (C=O) groups is 1. The van der Waals surface area contributed by atoms with Crippen LogP contribution in [0.2, 0.25) is 0 Å². The second-order valence-corrected chi connectivity index (χ2v) is 4.29. The molecule has 1 unspecified atom stereocenters. The van der Waals surface area contributed by atoms with Crippen molar-refractivity contribution in [2.75, 3.05) is 40.3 Å². The number of nitrogens with zero attached hydrogens (tertiary/aromatic N) is 1. The van der Waals surface area contributed by atoms with Gasteiger partial charge < -0.3 is 20.6 Å². The highest BCUT2D eigenvalue weighted by Crippen LogP contribution is 2.01. The van der Waals surface area contributed by atoms with Gasteiger partial charge in [-0.25, -0.2) is 0 Å². The van der Waals surface area contributed by atoms with E-state index in [0.29, 0.717) is 13.1 Å². The first-order valence-electron chi connectivity index (χ1n) is 5.22. The van der Waals surface area contributed by atoms with E-state index in [9.17, 15) is 9.90 Å². The van der Waals surface area contributed by atoms with E-state index < -0.39 is 5.60 Å². The van der Waals surface area contributed by atoms with E-state index in [2.05, 4.69) is 10.6 Å². The molecule has 0 rings (SSSR count). The molecule has 0 aromatic rings. The van der Waals surface area contributed by atoms with Crippen LogP contribution in [0.25, 0.3) is 0 Å². The Morgan fingerprint density at radius 3 is 2.53 bits per heavy atom. The van der Waals surface area contributed by atoms with Crippen LogP contribution in [0.4, 0.5) is 0 Å². The minimum atomic E-state index is -0.884. The van der Waals surface area contributed by atoms with Gasteiger partial charge in [0.05, 0.1) is 12.1 Å². The maximum absolute atomic E-state index is 11.2. The fourth-order valence-electron chi connectivity index (χ4n) is 1.33. The van der Waals surface area contributed by atoms with Gasteiger partial charge in [-0.1, -0.05) is 6.92 Å². The molecule has 0 saturated carbocycles. The molecule has 0 bridgehead atoms. The SMILES string of the molecule is CCNCC(=O)NCC(C)(O)CN(C)C. The highest BCUT2D eigenvalue weighted by Gasteiger charge is 2.21.